The number of carbonyl (C=O) groups excluding carboxylic acids is 1. The summed E-state index contributed by atoms with van der Waals surface area (Å²) >= 11 is 0. The topological polar surface area (TPSA) is 47.9 Å². The first-order valence-corrected chi connectivity index (χ1v) is 5.94. The van der Waals surface area contributed by atoms with Gasteiger partial charge in [-0.25, -0.2) is 9.18 Å². The SMILES string of the molecule is O=C=NC1(c2ccc3c(c2F)OCCO3)CCC1. The summed E-state index contributed by atoms with van der Waals surface area (Å²) in [4.78, 5) is 14.3. The molecule has 1 fully saturated rings. The Morgan fingerprint density at radius 3 is 2.72 bits per heavy atom. The molecule has 3 rings (SSSR count). The van der Waals surface area contributed by atoms with Gasteiger partial charge in [0.15, 0.2) is 17.3 Å². The largest absolute Gasteiger partial charge is 0.486 e. The summed E-state index contributed by atoms with van der Waals surface area (Å²) in [5.41, 5.74) is -0.344. The Bertz CT molecular complexity index is 533. The predicted octanol–water partition coefficient (Wildman–Crippen LogP) is 2.31. The number of hydrogen-bond donors (Lipinski definition) is 0. The second kappa shape index (κ2) is 4.10. The van der Waals surface area contributed by atoms with Crippen molar-refractivity contribution in [1.29, 1.82) is 0 Å². The van der Waals surface area contributed by atoms with Crippen LogP contribution in [0.2, 0.25) is 0 Å². The Morgan fingerprint density at radius 2 is 2.06 bits per heavy atom. The fourth-order valence-corrected chi connectivity index (χ4v) is 2.48. The summed E-state index contributed by atoms with van der Waals surface area (Å²) in [7, 11) is 0. The number of nitrogens with zero attached hydrogens (tertiary/aromatic N) is 1. The molecule has 5 heteroatoms. The average Bonchev–Trinajstić information content (AvgIpc) is 2.35. The highest BCUT2D eigenvalue weighted by Crippen LogP contribution is 2.48. The molecule has 1 aliphatic heterocycles. The van der Waals surface area contributed by atoms with Gasteiger partial charge in [-0.3, -0.25) is 0 Å². The van der Waals surface area contributed by atoms with Crippen LogP contribution in [-0.4, -0.2) is 19.3 Å². The van der Waals surface area contributed by atoms with Crippen molar-refractivity contribution in [1.82, 2.24) is 0 Å². The third kappa shape index (κ3) is 1.51. The zero-order chi connectivity index (χ0) is 12.6. The number of isocyanates is 1. The molecule has 0 aromatic heterocycles. The number of aliphatic imine (C=N–C) groups is 1. The van der Waals surface area contributed by atoms with Crippen LogP contribution in [-0.2, 0) is 10.3 Å². The highest BCUT2D eigenvalue weighted by atomic mass is 19.1. The Hall–Kier alpha value is -1.87. The number of fused-ring (bicyclic) bond motifs is 1. The van der Waals surface area contributed by atoms with E-state index in [1.807, 2.05) is 0 Å². The van der Waals surface area contributed by atoms with Gasteiger partial charge >= 0.3 is 0 Å². The molecule has 1 aromatic rings. The quantitative estimate of drug-likeness (QED) is 0.597. The minimum absolute atomic E-state index is 0.131. The molecule has 1 aliphatic carbocycles. The standard InChI is InChI=1S/C13H12FNO3/c14-11-9(13(15-8-16)4-1-5-13)2-3-10-12(11)18-7-6-17-10/h2-3H,1,4-7H2. The van der Waals surface area contributed by atoms with E-state index < -0.39 is 11.4 Å². The lowest BCUT2D eigenvalue weighted by molar-refractivity contribution is 0.161. The van der Waals surface area contributed by atoms with Gasteiger partial charge in [-0.15, -0.1) is 0 Å². The van der Waals surface area contributed by atoms with Gasteiger partial charge in [-0.2, -0.15) is 4.99 Å². The van der Waals surface area contributed by atoms with E-state index in [4.69, 9.17) is 9.47 Å². The van der Waals surface area contributed by atoms with E-state index in [-0.39, 0.29) is 5.75 Å². The van der Waals surface area contributed by atoms with E-state index in [9.17, 15) is 9.18 Å². The van der Waals surface area contributed by atoms with Crippen molar-refractivity contribution in [3.8, 4) is 11.5 Å². The number of ether oxygens (including phenoxy) is 2. The molecule has 0 saturated heterocycles. The molecule has 0 N–H and O–H groups in total. The van der Waals surface area contributed by atoms with Crippen LogP contribution in [0.25, 0.3) is 0 Å². The molecule has 0 atom stereocenters. The normalized spacial score (nSPS) is 19.6. The third-order valence-electron chi connectivity index (χ3n) is 3.59. The third-order valence-corrected chi connectivity index (χ3v) is 3.59. The maximum Gasteiger partial charge on any atom is 0.235 e. The minimum atomic E-state index is -0.748. The smallest absolute Gasteiger partial charge is 0.235 e. The first kappa shape index (κ1) is 11.2. The van der Waals surface area contributed by atoms with E-state index in [0.29, 0.717) is 37.4 Å². The lowest BCUT2D eigenvalue weighted by Gasteiger charge is -2.37. The summed E-state index contributed by atoms with van der Waals surface area (Å²) in [6, 6.07) is 3.30. The van der Waals surface area contributed by atoms with Gasteiger partial charge in [-0.05, 0) is 31.4 Å². The van der Waals surface area contributed by atoms with Crippen molar-refractivity contribution < 1.29 is 18.7 Å². The summed E-state index contributed by atoms with van der Waals surface area (Å²) in [6.07, 6.45) is 3.81. The second-order valence-electron chi connectivity index (χ2n) is 4.54. The summed E-state index contributed by atoms with van der Waals surface area (Å²) in [5, 5.41) is 0. The molecular weight excluding hydrogens is 237 g/mol. The lowest BCUT2D eigenvalue weighted by atomic mass is 9.72. The van der Waals surface area contributed by atoms with Crippen molar-refractivity contribution >= 4 is 6.08 Å². The predicted molar refractivity (Wildman–Crippen MR) is 61.0 cm³/mol. The molecule has 18 heavy (non-hydrogen) atoms. The van der Waals surface area contributed by atoms with Gasteiger partial charge in [0.1, 0.15) is 18.8 Å². The van der Waals surface area contributed by atoms with Crippen LogP contribution in [0.4, 0.5) is 4.39 Å². The van der Waals surface area contributed by atoms with Crippen LogP contribution < -0.4 is 9.47 Å². The van der Waals surface area contributed by atoms with Gasteiger partial charge < -0.3 is 9.47 Å². The Balaban J connectivity index is 2.10. The zero-order valence-corrected chi connectivity index (χ0v) is 9.74. The molecule has 0 spiro atoms. The maximum atomic E-state index is 14.4. The molecular formula is C13H12FNO3. The monoisotopic (exact) mass is 249 g/mol. The highest BCUT2D eigenvalue weighted by Gasteiger charge is 2.42. The van der Waals surface area contributed by atoms with Gasteiger partial charge in [0.25, 0.3) is 0 Å². The first-order chi connectivity index (χ1) is 8.77. The fraction of sp³-hybridized carbons (Fsp3) is 0.462. The summed E-state index contributed by atoms with van der Waals surface area (Å²) < 4.78 is 25.0. The van der Waals surface area contributed by atoms with Crippen molar-refractivity contribution in [2.45, 2.75) is 24.8 Å². The molecule has 4 nitrogen and oxygen atoms in total. The van der Waals surface area contributed by atoms with Crippen molar-refractivity contribution in [2.75, 3.05) is 13.2 Å². The Morgan fingerprint density at radius 1 is 1.28 bits per heavy atom. The molecule has 0 amide bonds. The van der Waals surface area contributed by atoms with Gasteiger partial charge in [0.05, 0.1) is 0 Å². The Kier molecular flexibility index (Phi) is 2.56. The van der Waals surface area contributed by atoms with E-state index >= 15 is 0 Å². The Labute approximate surface area is 103 Å². The molecule has 94 valence electrons. The molecule has 1 aromatic carbocycles. The maximum absolute atomic E-state index is 14.4. The van der Waals surface area contributed by atoms with Crippen LogP contribution in [0.3, 0.4) is 0 Å². The molecule has 0 radical (unpaired) electrons. The number of benzene rings is 1. The van der Waals surface area contributed by atoms with Crippen molar-refractivity contribution in [3.05, 3.63) is 23.5 Å². The fourth-order valence-electron chi connectivity index (χ4n) is 2.48. The zero-order valence-electron chi connectivity index (χ0n) is 9.74. The summed E-state index contributed by atoms with van der Waals surface area (Å²) in [5.74, 6) is 0.0732. The average molecular weight is 249 g/mol. The van der Waals surface area contributed by atoms with Crippen LogP contribution in [0.5, 0.6) is 11.5 Å². The molecule has 0 bridgehead atoms. The van der Waals surface area contributed by atoms with E-state index in [0.717, 1.165) is 6.42 Å². The van der Waals surface area contributed by atoms with Gasteiger partial charge in [0.2, 0.25) is 6.08 Å². The number of rotatable bonds is 2. The molecule has 1 heterocycles. The number of halogens is 1. The van der Waals surface area contributed by atoms with Crippen molar-refractivity contribution in [2.24, 2.45) is 4.99 Å². The lowest BCUT2D eigenvalue weighted by Crippen LogP contribution is -2.33. The van der Waals surface area contributed by atoms with E-state index in [2.05, 4.69) is 4.99 Å². The van der Waals surface area contributed by atoms with E-state index in [1.165, 1.54) is 0 Å². The first-order valence-electron chi connectivity index (χ1n) is 5.94. The molecule has 1 saturated carbocycles. The van der Waals surface area contributed by atoms with Gasteiger partial charge in [0, 0.05) is 5.56 Å². The van der Waals surface area contributed by atoms with Crippen LogP contribution in [0.15, 0.2) is 17.1 Å². The van der Waals surface area contributed by atoms with E-state index in [1.54, 1.807) is 18.2 Å². The molecule has 2 aliphatic rings. The van der Waals surface area contributed by atoms with Crippen molar-refractivity contribution in [3.63, 3.8) is 0 Å². The summed E-state index contributed by atoms with van der Waals surface area (Å²) in [6.45, 7) is 0.751. The highest BCUT2D eigenvalue weighted by molar-refractivity contribution is 5.49. The van der Waals surface area contributed by atoms with Gasteiger partial charge in [-0.1, -0.05) is 0 Å². The van der Waals surface area contributed by atoms with Crippen LogP contribution in [0.1, 0.15) is 24.8 Å². The number of hydrogen-bond acceptors (Lipinski definition) is 4. The minimum Gasteiger partial charge on any atom is -0.486 e. The molecule has 0 unspecified atom stereocenters. The van der Waals surface area contributed by atoms with Crippen LogP contribution >= 0.6 is 0 Å². The second-order valence-corrected chi connectivity index (χ2v) is 4.54. The van der Waals surface area contributed by atoms with Crippen LogP contribution in [0, 0.1) is 5.82 Å².